The second-order valence-electron chi connectivity index (χ2n) is 6.54. The fraction of sp³-hybridized carbons (Fsp3) is 0.263. The molecule has 1 amide bonds. The number of carbonyl (C=O) groups is 1. The molecule has 2 aromatic heterocycles. The Hall–Kier alpha value is -3.48. The summed E-state index contributed by atoms with van der Waals surface area (Å²) in [4.78, 5) is 21.3. The molecule has 0 fully saturated rings. The van der Waals surface area contributed by atoms with Crippen LogP contribution in [0.4, 0.5) is 26.3 Å². The van der Waals surface area contributed by atoms with Gasteiger partial charge >= 0.3 is 12.4 Å². The molecule has 0 aliphatic carbocycles. The number of amides is 1. The van der Waals surface area contributed by atoms with Crippen molar-refractivity contribution in [3.8, 4) is 11.3 Å². The van der Waals surface area contributed by atoms with E-state index in [9.17, 15) is 31.1 Å². The van der Waals surface area contributed by atoms with Gasteiger partial charge < -0.3 is 0 Å². The highest BCUT2D eigenvalue weighted by molar-refractivity contribution is 5.97. The first-order valence-electron chi connectivity index (χ1n) is 8.87. The maximum atomic E-state index is 13.5. The van der Waals surface area contributed by atoms with Crippen molar-refractivity contribution < 1.29 is 36.0 Å². The van der Waals surface area contributed by atoms with Gasteiger partial charge in [0.25, 0.3) is 5.91 Å². The molecule has 3 aromatic rings. The van der Waals surface area contributed by atoms with Crippen LogP contribution >= 0.6 is 0 Å². The Kier molecular flexibility index (Phi) is 6.21. The van der Waals surface area contributed by atoms with Crippen molar-refractivity contribution in [1.29, 1.82) is 0 Å². The van der Waals surface area contributed by atoms with Gasteiger partial charge in [0.1, 0.15) is 5.69 Å². The van der Waals surface area contributed by atoms with E-state index in [0.29, 0.717) is 18.2 Å². The normalized spacial score (nSPS) is 12.1. The first-order valence-corrected chi connectivity index (χ1v) is 8.87. The minimum Gasteiger partial charge on any atom is -0.274 e. The van der Waals surface area contributed by atoms with Gasteiger partial charge in [0.2, 0.25) is 0 Å². The Morgan fingerprint density at radius 3 is 2.41 bits per heavy atom. The number of nitrogens with zero attached hydrogens (tertiary/aromatic N) is 5. The maximum absolute atomic E-state index is 13.5. The summed E-state index contributed by atoms with van der Waals surface area (Å²) in [6.45, 7) is -0.736. The number of rotatable bonds is 5. The monoisotopic (exact) mass is 459 g/mol. The molecule has 0 aliphatic heterocycles. The fourth-order valence-electron chi connectivity index (χ4n) is 2.93. The molecule has 0 radical (unpaired) electrons. The van der Waals surface area contributed by atoms with Crippen molar-refractivity contribution in [3.63, 3.8) is 0 Å². The minimum absolute atomic E-state index is 0.0301. The standard InChI is InChI=1S/C19H15F6N5O2/c1-29(32-2)17(31)15-16(11-4-3-7-26-9-11)30(28-27-15)10-12-8-13(18(20,21)22)5-6-14(12)19(23,24)25/h3-9H,10H2,1-2H3. The van der Waals surface area contributed by atoms with Crippen LogP contribution in [0.2, 0.25) is 0 Å². The Morgan fingerprint density at radius 2 is 1.84 bits per heavy atom. The number of aromatic nitrogens is 4. The van der Waals surface area contributed by atoms with Crippen LogP contribution in [0, 0.1) is 0 Å². The molecule has 0 saturated heterocycles. The topological polar surface area (TPSA) is 73.1 Å². The summed E-state index contributed by atoms with van der Waals surface area (Å²) in [5, 5.41) is 8.28. The number of halogens is 6. The molecular formula is C19H15F6N5O2. The van der Waals surface area contributed by atoms with Crippen molar-refractivity contribution in [3.05, 3.63) is 65.1 Å². The zero-order valence-corrected chi connectivity index (χ0v) is 16.6. The molecule has 3 rings (SSSR count). The third kappa shape index (κ3) is 4.72. The highest BCUT2D eigenvalue weighted by atomic mass is 19.4. The van der Waals surface area contributed by atoms with E-state index in [2.05, 4.69) is 15.3 Å². The lowest BCUT2D eigenvalue weighted by Gasteiger charge is -2.17. The molecule has 0 spiro atoms. The molecule has 13 heteroatoms. The quantitative estimate of drug-likeness (QED) is 0.425. The van der Waals surface area contributed by atoms with Crippen molar-refractivity contribution in [2.24, 2.45) is 0 Å². The molecule has 32 heavy (non-hydrogen) atoms. The van der Waals surface area contributed by atoms with E-state index >= 15 is 0 Å². The largest absolute Gasteiger partial charge is 0.416 e. The predicted molar refractivity (Wildman–Crippen MR) is 97.9 cm³/mol. The summed E-state index contributed by atoms with van der Waals surface area (Å²) in [5.41, 5.74) is -3.24. The van der Waals surface area contributed by atoms with Gasteiger partial charge in [0, 0.05) is 25.0 Å². The van der Waals surface area contributed by atoms with Crippen LogP contribution in [0.1, 0.15) is 27.2 Å². The Morgan fingerprint density at radius 1 is 1.12 bits per heavy atom. The van der Waals surface area contributed by atoms with E-state index in [0.717, 1.165) is 9.75 Å². The summed E-state index contributed by atoms with van der Waals surface area (Å²) in [7, 11) is 2.49. The molecule has 0 N–H and O–H groups in total. The molecule has 0 atom stereocenters. The van der Waals surface area contributed by atoms with E-state index in [4.69, 9.17) is 4.84 Å². The summed E-state index contributed by atoms with van der Waals surface area (Å²) >= 11 is 0. The SMILES string of the molecule is CON(C)C(=O)c1nnn(Cc2cc(C(F)(F)F)ccc2C(F)(F)F)c1-c1cccnc1. The van der Waals surface area contributed by atoms with Gasteiger partial charge in [-0.05, 0) is 35.9 Å². The predicted octanol–water partition coefficient (Wildman–Crippen LogP) is 4.06. The number of pyridine rings is 1. The Bertz CT molecular complexity index is 1110. The first-order chi connectivity index (χ1) is 14.9. The van der Waals surface area contributed by atoms with Gasteiger partial charge in [-0.25, -0.2) is 9.75 Å². The van der Waals surface area contributed by atoms with Crippen LogP contribution in [-0.2, 0) is 23.7 Å². The van der Waals surface area contributed by atoms with Gasteiger partial charge in [0.05, 0.1) is 24.8 Å². The van der Waals surface area contributed by atoms with E-state index in [1.165, 1.54) is 38.7 Å². The zero-order chi connectivity index (χ0) is 23.7. The number of hydrogen-bond donors (Lipinski definition) is 0. The molecule has 0 saturated carbocycles. The van der Waals surface area contributed by atoms with E-state index in [1.54, 1.807) is 0 Å². The van der Waals surface area contributed by atoms with Crippen LogP contribution in [0.3, 0.4) is 0 Å². The first kappa shape index (κ1) is 23.2. The summed E-state index contributed by atoms with van der Waals surface area (Å²) in [5.74, 6) is -0.766. The lowest BCUT2D eigenvalue weighted by atomic mass is 10.0. The number of hydrogen-bond acceptors (Lipinski definition) is 5. The van der Waals surface area contributed by atoms with E-state index in [1.807, 2.05) is 0 Å². The van der Waals surface area contributed by atoms with Crippen LogP contribution < -0.4 is 0 Å². The molecule has 170 valence electrons. The summed E-state index contributed by atoms with van der Waals surface area (Å²) in [6.07, 6.45) is -7.02. The van der Waals surface area contributed by atoms with Crippen LogP contribution in [0.15, 0.2) is 42.7 Å². The third-order valence-electron chi connectivity index (χ3n) is 4.49. The highest BCUT2D eigenvalue weighted by Gasteiger charge is 2.37. The van der Waals surface area contributed by atoms with Crippen LogP contribution in [0.5, 0.6) is 0 Å². The van der Waals surface area contributed by atoms with Crippen LogP contribution in [0.25, 0.3) is 11.3 Å². The Balaban J connectivity index is 2.18. The zero-order valence-electron chi connectivity index (χ0n) is 16.6. The molecule has 1 aromatic carbocycles. The lowest BCUT2D eigenvalue weighted by Crippen LogP contribution is -2.26. The summed E-state index contributed by atoms with van der Waals surface area (Å²) < 4.78 is 80.7. The molecule has 0 bridgehead atoms. The average Bonchev–Trinajstić information content (AvgIpc) is 3.15. The lowest BCUT2D eigenvalue weighted by molar-refractivity contribution is -0.141. The smallest absolute Gasteiger partial charge is 0.274 e. The number of alkyl halides is 6. The fourth-order valence-corrected chi connectivity index (χ4v) is 2.93. The third-order valence-corrected chi connectivity index (χ3v) is 4.49. The van der Waals surface area contributed by atoms with Crippen molar-refractivity contribution in [1.82, 2.24) is 25.0 Å². The van der Waals surface area contributed by atoms with E-state index < -0.39 is 41.5 Å². The van der Waals surface area contributed by atoms with Gasteiger partial charge in [-0.3, -0.25) is 14.6 Å². The Labute approximate surface area is 177 Å². The molecule has 0 unspecified atom stereocenters. The van der Waals surface area contributed by atoms with Gasteiger partial charge in [-0.2, -0.15) is 26.3 Å². The maximum Gasteiger partial charge on any atom is 0.416 e. The highest BCUT2D eigenvalue weighted by Crippen LogP contribution is 2.37. The number of hydroxylamine groups is 2. The molecule has 0 aliphatic rings. The van der Waals surface area contributed by atoms with E-state index in [-0.39, 0.29) is 17.0 Å². The number of benzene rings is 1. The van der Waals surface area contributed by atoms with Crippen LogP contribution in [-0.4, -0.2) is 45.1 Å². The average molecular weight is 459 g/mol. The molecule has 7 nitrogen and oxygen atoms in total. The van der Waals surface area contributed by atoms with Crippen molar-refractivity contribution in [2.75, 3.05) is 14.2 Å². The minimum atomic E-state index is -4.91. The van der Waals surface area contributed by atoms with Gasteiger partial charge in [0.15, 0.2) is 5.69 Å². The summed E-state index contributed by atoms with van der Waals surface area (Å²) in [6, 6.07) is 4.14. The molecular weight excluding hydrogens is 444 g/mol. The van der Waals surface area contributed by atoms with Gasteiger partial charge in [-0.1, -0.05) is 5.21 Å². The second-order valence-corrected chi connectivity index (χ2v) is 6.54. The van der Waals surface area contributed by atoms with Crippen molar-refractivity contribution >= 4 is 5.91 Å². The van der Waals surface area contributed by atoms with Gasteiger partial charge in [-0.15, -0.1) is 5.10 Å². The van der Waals surface area contributed by atoms with Crippen molar-refractivity contribution in [2.45, 2.75) is 18.9 Å². The second kappa shape index (κ2) is 8.57. The molecule has 2 heterocycles. The number of carbonyl (C=O) groups excluding carboxylic acids is 1.